The highest BCUT2D eigenvalue weighted by molar-refractivity contribution is 7.90. The third-order valence-electron chi connectivity index (χ3n) is 3.61. The van der Waals surface area contributed by atoms with Gasteiger partial charge in [-0.25, -0.2) is 17.2 Å². The van der Waals surface area contributed by atoms with Crippen molar-refractivity contribution >= 4 is 26.9 Å². The van der Waals surface area contributed by atoms with Gasteiger partial charge in [0.15, 0.2) is 0 Å². The number of nitrogens with one attached hydrogen (secondary N) is 1. The molecule has 0 saturated carbocycles. The average Bonchev–Trinajstić information content (AvgIpc) is 2.93. The Labute approximate surface area is 138 Å². The smallest absolute Gasteiger partial charge is 0.335 e. The van der Waals surface area contributed by atoms with Crippen LogP contribution in [0.2, 0.25) is 0 Å². The molecule has 0 spiro atoms. The number of nitrogens with zero attached hydrogens (tertiary/aromatic N) is 2. The van der Waals surface area contributed by atoms with Gasteiger partial charge in [0.1, 0.15) is 4.90 Å². The summed E-state index contributed by atoms with van der Waals surface area (Å²) in [6.45, 7) is 0.316. The molecule has 0 unspecified atom stereocenters. The van der Waals surface area contributed by atoms with Crippen molar-refractivity contribution < 1.29 is 18.3 Å². The van der Waals surface area contributed by atoms with E-state index in [9.17, 15) is 18.3 Å². The molecule has 7 nitrogen and oxygen atoms in total. The standard InChI is InChI=1S/C16H15N3O4S/c1-17-9-13-7-11-4-5-12(16(20)21)8-15(11)19(13)24(22,23)14-3-2-6-18-10-14/h2-8,10,17H,9H2,1H3,(H,20,21). The Morgan fingerprint density at radius 3 is 2.71 bits per heavy atom. The van der Waals surface area contributed by atoms with Crippen LogP contribution in [0.15, 0.2) is 53.7 Å². The molecule has 2 aromatic heterocycles. The molecule has 124 valence electrons. The lowest BCUT2D eigenvalue weighted by molar-refractivity contribution is 0.0697. The Balaban J connectivity index is 2.33. The van der Waals surface area contributed by atoms with E-state index in [4.69, 9.17) is 0 Å². The van der Waals surface area contributed by atoms with Gasteiger partial charge in [0, 0.05) is 30.0 Å². The predicted octanol–water partition coefficient (Wildman–Crippen LogP) is 1.69. The molecule has 3 aromatic rings. The number of pyridine rings is 1. The molecule has 0 aliphatic carbocycles. The van der Waals surface area contributed by atoms with Crippen molar-refractivity contribution in [1.29, 1.82) is 0 Å². The number of carbonyl (C=O) groups is 1. The zero-order valence-electron chi connectivity index (χ0n) is 12.8. The molecular formula is C16H15N3O4S. The predicted molar refractivity (Wildman–Crippen MR) is 88.5 cm³/mol. The first-order valence-corrected chi connectivity index (χ1v) is 8.57. The lowest BCUT2D eigenvalue weighted by atomic mass is 10.2. The first-order chi connectivity index (χ1) is 11.4. The molecule has 3 rings (SSSR count). The Hall–Kier alpha value is -2.71. The zero-order valence-corrected chi connectivity index (χ0v) is 13.6. The topological polar surface area (TPSA) is 101 Å². The molecule has 2 N–H and O–H groups in total. The second-order valence-electron chi connectivity index (χ2n) is 5.20. The Kier molecular flexibility index (Phi) is 4.08. The van der Waals surface area contributed by atoms with Crippen LogP contribution in [-0.4, -0.2) is 35.5 Å². The van der Waals surface area contributed by atoms with E-state index in [1.54, 1.807) is 25.2 Å². The van der Waals surface area contributed by atoms with Gasteiger partial charge in [-0.05, 0) is 37.4 Å². The molecule has 0 saturated heterocycles. The van der Waals surface area contributed by atoms with Gasteiger partial charge in [0.05, 0.1) is 11.1 Å². The molecule has 24 heavy (non-hydrogen) atoms. The van der Waals surface area contributed by atoms with Gasteiger partial charge in [-0.2, -0.15) is 0 Å². The molecule has 2 heterocycles. The lowest BCUT2D eigenvalue weighted by Crippen LogP contribution is -2.19. The summed E-state index contributed by atoms with van der Waals surface area (Å²) in [5, 5.41) is 12.8. The Morgan fingerprint density at radius 1 is 1.29 bits per heavy atom. The molecule has 0 fully saturated rings. The molecule has 0 atom stereocenters. The summed E-state index contributed by atoms with van der Waals surface area (Å²) in [4.78, 5) is 15.1. The maximum Gasteiger partial charge on any atom is 0.335 e. The van der Waals surface area contributed by atoms with Gasteiger partial charge < -0.3 is 10.4 Å². The average molecular weight is 345 g/mol. The second kappa shape index (κ2) is 6.06. The molecule has 0 radical (unpaired) electrons. The van der Waals surface area contributed by atoms with Crippen LogP contribution in [0.1, 0.15) is 16.1 Å². The summed E-state index contributed by atoms with van der Waals surface area (Å²) in [6.07, 6.45) is 2.76. The fraction of sp³-hybridized carbons (Fsp3) is 0.125. The summed E-state index contributed by atoms with van der Waals surface area (Å²) in [5.41, 5.74) is 0.863. The SMILES string of the molecule is CNCc1cc2ccc(C(=O)O)cc2n1S(=O)(=O)c1cccnc1. The van der Waals surface area contributed by atoms with Crippen molar-refractivity contribution in [3.05, 3.63) is 60.0 Å². The Bertz CT molecular complexity index is 1010. The van der Waals surface area contributed by atoms with Gasteiger partial charge in [-0.1, -0.05) is 6.07 Å². The summed E-state index contributed by atoms with van der Waals surface area (Å²) >= 11 is 0. The van der Waals surface area contributed by atoms with E-state index in [1.807, 2.05) is 0 Å². The Morgan fingerprint density at radius 2 is 2.08 bits per heavy atom. The fourth-order valence-corrected chi connectivity index (χ4v) is 4.06. The summed E-state index contributed by atoms with van der Waals surface area (Å²) in [6, 6.07) is 9.15. The van der Waals surface area contributed by atoms with Gasteiger partial charge in [-0.3, -0.25) is 4.98 Å². The molecular weight excluding hydrogens is 330 g/mol. The number of benzene rings is 1. The summed E-state index contributed by atoms with van der Waals surface area (Å²) in [7, 11) is -2.19. The highest BCUT2D eigenvalue weighted by Gasteiger charge is 2.23. The van der Waals surface area contributed by atoms with Crippen LogP contribution in [0.4, 0.5) is 0 Å². The molecule has 8 heteroatoms. The van der Waals surface area contributed by atoms with Crippen LogP contribution in [0.25, 0.3) is 10.9 Å². The van der Waals surface area contributed by atoms with Crippen LogP contribution in [-0.2, 0) is 16.6 Å². The normalized spacial score (nSPS) is 11.7. The van der Waals surface area contributed by atoms with Gasteiger partial charge in [-0.15, -0.1) is 0 Å². The summed E-state index contributed by atoms with van der Waals surface area (Å²) in [5.74, 6) is -1.11. The van der Waals surface area contributed by atoms with Crippen LogP contribution in [0.5, 0.6) is 0 Å². The van der Waals surface area contributed by atoms with Crippen molar-refractivity contribution in [1.82, 2.24) is 14.3 Å². The maximum absolute atomic E-state index is 13.0. The fourth-order valence-electron chi connectivity index (χ4n) is 2.56. The minimum atomic E-state index is -3.90. The molecule has 0 aliphatic rings. The van der Waals surface area contributed by atoms with E-state index in [0.717, 1.165) is 0 Å². The van der Waals surface area contributed by atoms with Crippen LogP contribution < -0.4 is 5.32 Å². The number of aromatic nitrogens is 2. The monoisotopic (exact) mass is 345 g/mol. The van der Waals surface area contributed by atoms with Gasteiger partial charge >= 0.3 is 5.97 Å². The van der Waals surface area contributed by atoms with Crippen molar-refractivity contribution in [3.8, 4) is 0 Å². The second-order valence-corrected chi connectivity index (χ2v) is 6.99. The zero-order chi connectivity index (χ0) is 17.3. The van der Waals surface area contributed by atoms with E-state index >= 15 is 0 Å². The third-order valence-corrected chi connectivity index (χ3v) is 5.36. The van der Waals surface area contributed by atoms with E-state index in [1.165, 1.54) is 34.6 Å². The molecule has 0 bridgehead atoms. The van der Waals surface area contributed by atoms with Crippen LogP contribution in [0, 0.1) is 0 Å². The van der Waals surface area contributed by atoms with E-state index < -0.39 is 16.0 Å². The van der Waals surface area contributed by atoms with Gasteiger partial charge in [0.2, 0.25) is 0 Å². The number of fused-ring (bicyclic) bond motifs is 1. The van der Waals surface area contributed by atoms with E-state index in [0.29, 0.717) is 23.1 Å². The maximum atomic E-state index is 13.0. The lowest BCUT2D eigenvalue weighted by Gasteiger charge is -2.11. The van der Waals surface area contributed by atoms with Crippen LogP contribution >= 0.6 is 0 Å². The first kappa shape index (κ1) is 16.2. The first-order valence-electron chi connectivity index (χ1n) is 7.13. The number of aromatic carboxylic acids is 1. The number of carboxylic acid groups (broad SMARTS) is 1. The number of carboxylic acids is 1. The highest BCUT2D eigenvalue weighted by Crippen LogP contribution is 2.26. The van der Waals surface area contributed by atoms with Gasteiger partial charge in [0.25, 0.3) is 10.0 Å². The largest absolute Gasteiger partial charge is 0.478 e. The highest BCUT2D eigenvalue weighted by atomic mass is 32.2. The number of rotatable bonds is 5. The number of hydrogen-bond donors (Lipinski definition) is 2. The molecule has 1 aromatic carbocycles. The van der Waals surface area contributed by atoms with Crippen molar-refractivity contribution in [2.75, 3.05) is 7.05 Å². The quantitative estimate of drug-likeness (QED) is 0.730. The number of hydrogen-bond acceptors (Lipinski definition) is 5. The molecule has 0 aliphatic heterocycles. The van der Waals surface area contributed by atoms with E-state index in [-0.39, 0.29) is 10.5 Å². The van der Waals surface area contributed by atoms with E-state index in [2.05, 4.69) is 10.3 Å². The summed E-state index contributed by atoms with van der Waals surface area (Å²) < 4.78 is 27.2. The minimum absolute atomic E-state index is 0.0271. The van der Waals surface area contributed by atoms with Crippen molar-refractivity contribution in [2.45, 2.75) is 11.4 Å². The minimum Gasteiger partial charge on any atom is -0.478 e. The third kappa shape index (κ3) is 2.66. The molecule has 0 amide bonds. The van der Waals surface area contributed by atoms with Crippen LogP contribution in [0.3, 0.4) is 0 Å². The van der Waals surface area contributed by atoms with Crippen molar-refractivity contribution in [2.24, 2.45) is 0 Å². The van der Waals surface area contributed by atoms with Crippen molar-refractivity contribution in [3.63, 3.8) is 0 Å².